The zero-order valence-corrected chi connectivity index (χ0v) is 11.3. The summed E-state index contributed by atoms with van der Waals surface area (Å²) >= 11 is 12.0. The van der Waals surface area contributed by atoms with Crippen LogP contribution >= 0.6 is 23.2 Å². The molecular weight excluding hydrogens is 271 g/mol. The molecule has 0 spiro atoms. The van der Waals surface area contributed by atoms with Crippen LogP contribution in [-0.4, -0.2) is 12.1 Å². The zero-order valence-electron chi connectivity index (χ0n) is 9.78. The molecule has 2 rings (SSSR count). The fourth-order valence-corrected chi connectivity index (χ4v) is 2.18. The third-order valence-corrected chi connectivity index (χ3v) is 3.14. The molecule has 1 heterocycles. The van der Waals surface area contributed by atoms with Crippen molar-refractivity contribution in [3.05, 3.63) is 46.1 Å². The molecule has 94 valence electrons. The summed E-state index contributed by atoms with van der Waals surface area (Å²) in [5.41, 5.74) is 8.12. The van der Waals surface area contributed by atoms with E-state index < -0.39 is 0 Å². The van der Waals surface area contributed by atoms with Gasteiger partial charge in [-0.3, -0.25) is 4.98 Å². The first kappa shape index (κ1) is 13.1. The van der Waals surface area contributed by atoms with Crippen molar-refractivity contribution in [2.45, 2.75) is 6.54 Å². The van der Waals surface area contributed by atoms with Gasteiger partial charge in [-0.05, 0) is 24.3 Å². The molecule has 0 amide bonds. The molecule has 0 bridgehead atoms. The van der Waals surface area contributed by atoms with Gasteiger partial charge in [0.05, 0.1) is 24.0 Å². The van der Waals surface area contributed by atoms with Gasteiger partial charge in [0.1, 0.15) is 5.75 Å². The lowest BCUT2D eigenvalue weighted by molar-refractivity contribution is 0.408. The first-order valence-electron chi connectivity index (χ1n) is 5.34. The average molecular weight is 283 g/mol. The molecule has 0 unspecified atom stereocenters. The molecule has 1 aromatic heterocycles. The van der Waals surface area contributed by atoms with Crippen molar-refractivity contribution >= 4 is 23.2 Å². The van der Waals surface area contributed by atoms with Crippen molar-refractivity contribution < 1.29 is 4.74 Å². The largest absolute Gasteiger partial charge is 0.495 e. The summed E-state index contributed by atoms with van der Waals surface area (Å²) in [7, 11) is 1.59. The van der Waals surface area contributed by atoms with Crippen molar-refractivity contribution in [1.82, 2.24) is 4.98 Å². The molecule has 18 heavy (non-hydrogen) atoms. The molecule has 0 aliphatic carbocycles. The fraction of sp³-hybridized carbons (Fsp3) is 0.154. The van der Waals surface area contributed by atoms with E-state index >= 15 is 0 Å². The van der Waals surface area contributed by atoms with Gasteiger partial charge in [-0.25, -0.2) is 0 Å². The summed E-state index contributed by atoms with van der Waals surface area (Å²) in [6.45, 7) is 0.379. The highest BCUT2D eigenvalue weighted by Crippen LogP contribution is 2.31. The molecule has 2 N–H and O–H groups in total. The van der Waals surface area contributed by atoms with Crippen molar-refractivity contribution in [2.75, 3.05) is 7.11 Å². The first-order chi connectivity index (χ1) is 8.65. The molecule has 1 aromatic carbocycles. The fourth-order valence-electron chi connectivity index (χ4n) is 1.67. The number of methoxy groups -OCH3 is 1. The Morgan fingerprint density at radius 3 is 2.67 bits per heavy atom. The van der Waals surface area contributed by atoms with Crippen molar-refractivity contribution in [3.63, 3.8) is 0 Å². The highest BCUT2D eigenvalue weighted by atomic mass is 35.5. The van der Waals surface area contributed by atoms with Crippen molar-refractivity contribution in [2.24, 2.45) is 5.73 Å². The van der Waals surface area contributed by atoms with E-state index in [1.807, 2.05) is 12.1 Å². The standard InChI is InChI=1S/C13H12Cl2N2O/c1-18-13-7-17-12(4-8(13)6-16)10-3-2-9(14)5-11(10)15/h2-5,7H,6,16H2,1H3. The summed E-state index contributed by atoms with van der Waals surface area (Å²) in [5, 5.41) is 1.15. The minimum atomic E-state index is 0.379. The number of halogens is 2. The normalized spacial score (nSPS) is 10.4. The van der Waals surface area contributed by atoms with E-state index in [-0.39, 0.29) is 0 Å². The molecule has 0 atom stereocenters. The number of hydrogen-bond acceptors (Lipinski definition) is 3. The van der Waals surface area contributed by atoms with E-state index in [1.54, 1.807) is 25.4 Å². The summed E-state index contributed by atoms with van der Waals surface area (Å²) in [4.78, 5) is 4.31. The third kappa shape index (κ3) is 2.58. The highest BCUT2D eigenvalue weighted by Gasteiger charge is 2.09. The predicted octanol–water partition coefficient (Wildman–Crippen LogP) is 3.52. The van der Waals surface area contributed by atoms with Crippen LogP contribution in [-0.2, 0) is 6.54 Å². The Morgan fingerprint density at radius 1 is 1.28 bits per heavy atom. The average Bonchev–Trinajstić information content (AvgIpc) is 2.38. The van der Waals surface area contributed by atoms with Crippen LogP contribution in [0.25, 0.3) is 11.3 Å². The predicted molar refractivity (Wildman–Crippen MR) is 74.1 cm³/mol. The molecule has 0 fully saturated rings. The zero-order chi connectivity index (χ0) is 13.1. The van der Waals surface area contributed by atoms with Crippen LogP contribution in [0, 0.1) is 0 Å². The molecule has 0 radical (unpaired) electrons. The Kier molecular flexibility index (Phi) is 4.07. The van der Waals surface area contributed by atoms with E-state index in [1.165, 1.54) is 0 Å². The Labute approximate surface area is 115 Å². The second-order valence-corrected chi connectivity index (χ2v) is 4.55. The number of nitrogens with two attached hydrogens (primary N) is 1. The minimum absolute atomic E-state index is 0.379. The number of hydrogen-bond donors (Lipinski definition) is 1. The van der Waals surface area contributed by atoms with Gasteiger partial charge in [-0.1, -0.05) is 23.2 Å². The second kappa shape index (κ2) is 5.57. The molecule has 3 nitrogen and oxygen atoms in total. The second-order valence-electron chi connectivity index (χ2n) is 3.71. The minimum Gasteiger partial charge on any atom is -0.495 e. The molecule has 5 heteroatoms. The number of pyridine rings is 1. The van der Waals surface area contributed by atoms with E-state index in [0.717, 1.165) is 16.8 Å². The van der Waals surface area contributed by atoms with E-state index in [0.29, 0.717) is 22.3 Å². The summed E-state index contributed by atoms with van der Waals surface area (Å²) in [6.07, 6.45) is 1.64. The van der Waals surface area contributed by atoms with Crippen LogP contribution in [0.2, 0.25) is 10.0 Å². The van der Waals surface area contributed by atoms with E-state index in [2.05, 4.69) is 4.98 Å². The van der Waals surface area contributed by atoms with Crippen LogP contribution in [0.15, 0.2) is 30.5 Å². The smallest absolute Gasteiger partial charge is 0.141 e. The van der Waals surface area contributed by atoms with Gasteiger partial charge in [0.25, 0.3) is 0 Å². The van der Waals surface area contributed by atoms with Crippen LogP contribution in [0.4, 0.5) is 0 Å². The van der Waals surface area contributed by atoms with Crippen molar-refractivity contribution in [3.8, 4) is 17.0 Å². The lowest BCUT2D eigenvalue weighted by Gasteiger charge is -2.09. The lowest BCUT2D eigenvalue weighted by Crippen LogP contribution is -2.01. The SMILES string of the molecule is COc1cnc(-c2ccc(Cl)cc2Cl)cc1CN. The highest BCUT2D eigenvalue weighted by molar-refractivity contribution is 6.36. The molecular formula is C13H12Cl2N2O. The van der Waals surface area contributed by atoms with Crippen LogP contribution < -0.4 is 10.5 Å². The van der Waals surface area contributed by atoms with Gasteiger partial charge in [-0.2, -0.15) is 0 Å². The van der Waals surface area contributed by atoms with Gasteiger partial charge < -0.3 is 10.5 Å². The van der Waals surface area contributed by atoms with Gasteiger partial charge in [0.2, 0.25) is 0 Å². The van der Waals surface area contributed by atoms with Crippen LogP contribution in [0.3, 0.4) is 0 Å². The molecule has 0 saturated carbocycles. The first-order valence-corrected chi connectivity index (χ1v) is 6.09. The molecule has 0 aliphatic rings. The van der Waals surface area contributed by atoms with Gasteiger partial charge in [0.15, 0.2) is 0 Å². The topological polar surface area (TPSA) is 48.1 Å². The Balaban J connectivity index is 2.51. The van der Waals surface area contributed by atoms with Gasteiger partial charge in [-0.15, -0.1) is 0 Å². The van der Waals surface area contributed by atoms with Crippen LogP contribution in [0.1, 0.15) is 5.56 Å². The Bertz CT molecular complexity index is 573. The monoisotopic (exact) mass is 282 g/mol. The number of ether oxygens (including phenoxy) is 1. The van der Waals surface area contributed by atoms with Gasteiger partial charge in [0, 0.05) is 22.7 Å². The lowest BCUT2D eigenvalue weighted by atomic mass is 10.1. The van der Waals surface area contributed by atoms with Crippen molar-refractivity contribution in [1.29, 1.82) is 0 Å². The molecule has 0 saturated heterocycles. The molecule has 0 aliphatic heterocycles. The van der Waals surface area contributed by atoms with Crippen LogP contribution in [0.5, 0.6) is 5.75 Å². The Morgan fingerprint density at radius 2 is 2.06 bits per heavy atom. The molecule has 2 aromatic rings. The number of aromatic nitrogens is 1. The summed E-state index contributed by atoms with van der Waals surface area (Å²) < 4.78 is 5.18. The van der Waals surface area contributed by atoms with E-state index in [9.17, 15) is 0 Å². The summed E-state index contributed by atoms with van der Waals surface area (Å²) in [5.74, 6) is 0.673. The maximum atomic E-state index is 6.15. The maximum absolute atomic E-state index is 6.15. The Hall–Kier alpha value is -1.29. The van der Waals surface area contributed by atoms with Gasteiger partial charge >= 0.3 is 0 Å². The quantitative estimate of drug-likeness (QED) is 0.937. The summed E-state index contributed by atoms with van der Waals surface area (Å²) in [6, 6.07) is 7.16. The number of benzene rings is 1. The number of nitrogens with zero attached hydrogens (tertiary/aromatic N) is 1. The third-order valence-electron chi connectivity index (χ3n) is 2.60. The van der Waals surface area contributed by atoms with E-state index in [4.69, 9.17) is 33.7 Å². The maximum Gasteiger partial charge on any atom is 0.141 e. The number of rotatable bonds is 3.